The monoisotopic (exact) mass is 398 g/mol. The summed E-state index contributed by atoms with van der Waals surface area (Å²) >= 11 is 6.27. The molecular weight excluding hydrogens is 376 g/mol. The van der Waals surface area contributed by atoms with Crippen LogP contribution in [-0.2, 0) is 6.54 Å². The van der Waals surface area contributed by atoms with E-state index in [-0.39, 0.29) is 5.91 Å². The molecular formula is C22H23ClN2O3. The molecule has 0 aliphatic carbocycles. The number of fused-ring (bicyclic) bond motifs is 1. The standard InChI is InChI=1S/C22H23ClN2O3/c1-12(2)16-10-17-15(9-21(26)28-20(17)7-13(16)3)11-25-19-8-14(22(27)24-4)5-6-18(19)23/h5-10,12,25H,11H2,1-4H3,(H,24,27). The van der Waals surface area contributed by atoms with Crippen molar-refractivity contribution in [3.63, 3.8) is 0 Å². The van der Waals surface area contributed by atoms with Crippen molar-refractivity contribution in [1.29, 1.82) is 0 Å². The largest absolute Gasteiger partial charge is 0.423 e. The van der Waals surface area contributed by atoms with Gasteiger partial charge in [0.1, 0.15) is 5.58 Å². The van der Waals surface area contributed by atoms with Crippen LogP contribution >= 0.6 is 11.6 Å². The summed E-state index contributed by atoms with van der Waals surface area (Å²) in [4.78, 5) is 23.9. The van der Waals surface area contributed by atoms with Crippen molar-refractivity contribution < 1.29 is 9.21 Å². The van der Waals surface area contributed by atoms with Crippen LogP contribution in [0, 0.1) is 6.92 Å². The summed E-state index contributed by atoms with van der Waals surface area (Å²) in [6.07, 6.45) is 0. The maximum Gasteiger partial charge on any atom is 0.336 e. The average molecular weight is 399 g/mol. The normalized spacial score (nSPS) is 11.1. The van der Waals surface area contributed by atoms with Gasteiger partial charge < -0.3 is 15.1 Å². The maximum atomic E-state index is 12.0. The van der Waals surface area contributed by atoms with Gasteiger partial charge in [-0.15, -0.1) is 0 Å². The van der Waals surface area contributed by atoms with Gasteiger partial charge in [0.15, 0.2) is 0 Å². The summed E-state index contributed by atoms with van der Waals surface area (Å²) in [5.74, 6) is 0.165. The Morgan fingerprint density at radius 1 is 1.18 bits per heavy atom. The number of aryl methyl sites for hydroxylation is 1. The highest BCUT2D eigenvalue weighted by atomic mass is 35.5. The van der Waals surface area contributed by atoms with E-state index in [2.05, 4.69) is 30.5 Å². The first-order valence-electron chi connectivity index (χ1n) is 9.13. The number of nitrogens with one attached hydrogen (secondary N) is 2. The van der Waals surface area contributed by atoms with Crippen LogP contribution in [0.3, 0.4) is 0 Å². The van der Waals surface area contributed by atoms with E-state index in [0.717, 1.165) is 16.5 Å². The third-order valence-corrected chi connectivity index (χ3v) is 5.09. The Hall–Kier alpha value is -2.79. The third kappa shape index (κ3) is 4.04. The molecule has 1 aromatic heterocycles. The minimum absolute atomic E-state index is 0.192. The van der Waals surface area contributed by atoms with Gasteiger partial charge in [0.25, 0.3) is 5.91 Å². The second kappa shape index (κ2) is 8.07. The summed E-state index contributed by atoms with van der Waals surface area (Å²) in [5.41, 5.74) is 4.42. The van der Waals surface area contributed by atoms with Gasteiger partial charge in [-0.05, 0) is 59.9 Å². The molecule has 5 nitrogen and oxygen atoms in total. The van der Waals surface area contributed by atoms with Gasteiger partial charge >= 0.3 is 5.63 Å². The third-order valence-electron chi connectivity index (χ3n) is 4.76. The molecule has 0 aliphatic rings. The van der Waals surface area contributed by atoms with Crippen molar-refractivity contribution in [3.8, 4) is 0 Å². The van der Waals surface area contributed by atoms with E-state index in [0.29, 0.717) is 34.3 Å². The lowest BCUT2D eigenvalue weighted by Gasteiger charge is -2.14. The van der Waals surface area contributed by atoms with Crippen molar-refractivity contribution in [2.24, 2.45) is 0 Å². The molecule has 0 bridgehead atoms. The summed E-state index contributed by atoms with van der Waals surface area (Å²) in [5, 5.41) is 7.22. The second-order valence-electron chi connectivity index (χ2n) is 7.08. The molecule has 2 N–H and O–H groups in total. The molecule has 0 unspecified atom stereocenters. The molecule has 0 saturated heterocycles. The van der Waals surface area contributed by atoms with Crippen LogP contribution in [0.25, 0.3) is 11.0 Å². The molecule has 28 heavy (non-hydrogen) atoms. The Kier molecular flexibility index (Phi) is 5.75. The van der Waals surface area contributed by atoms with Crippen LogP contribution in [0.1, 0.15) is 46.8 Å². The van der Waals surface area contributed by atoms with Gasteiger partial charge in [-0.3, -0.25) is 4.79 Å². The van der Waals surface area contributed by atoms with Crippen LogP contribution in [0.15, 0.2) is 45.6 Å². The van der Waals surface area contributed by atoms with Gasteiger partial charge in [0, 0.05) is 30.6 Å². The molecule has 6 heteroatoms. The fourth-order valence-electron chi connectivity index (χ4n) is 3.30. The predicted octanol–water partition coefficient (Wildman–Crippen LogP) is 4.85. The van der Waals surface area contributed by atoms with Gasteiger partial charge in [0.2, 0.25) is 0 Å². The minimum Gasteiger partial charge on any atom is -0.423 e. The lowest BCUT2D eigenvalue weighted by atomic mass is 9.95. The number of hydrogen-bond acceptors (Lipinski definition) is 4. The van der Waals surface area contributed by atoms with Crippen molar-refractivity contribution in [1.82, 2.24) is 5.32 Å². The zero-order valence-electron chi connectivity index (χ0n) is 16.4. The predicted molar refractivity (Wildman–Crippen MR) is 113 cm³/mol. The molecule has 1 amide bonds. The van der Waals surface area contributed by atoms with Crippen LogP contribution in [0.2, 0.25) is 5.02 Å². The van der Waals surface area contributed by atoms with Crippen LogP contribution in [0.4, 0.5) is 5.69 Å². The first-order chi connectivity index (χ1) is 13.3. The average Bonchev–Trinajstić information content (AvgIpc) is 2.65. The Morgan fingerprint density at radius 2 is 1.93 bits per heavy atom. The number of benzene rings is 2. The summed E-state index contributed by atoms with van der Waals surface area (Å²) in [7, 11) is 1.58. The molecule has 0 aliphatic heterocycles. The van der Waals surface area contributed by atoms with Gasteiger partial charge in [-0.1, -0.05) is 25.4 Å². The topological polar surface area (TPSA) is 71.3 Å². The Labute approximate surface area is 168 Å². The highest BCUT2D eigenvalue weighted by Crippen LogP contribution is 2.28. The Bertz CT molecular complexity index is 1100. The van der Waals surface area contributed by atoms with Gasteiger partial charge in [-0.2, -0.15) is 0 Å². The highest BCUT2D eigenvalue weighted by molar-refractivity contribution is 6.33. The number of hydrogen-bond donors (Lipinski definition) is 2. The Balaban J connectivity index is 2.00. The molecule has 146 valence electrons. The second-order valence-corrected chi connectivity index (χ2v) is 7.48. The van der Waals surface area contributed by atoms with Crippen LogP contribution in [-0.4, -0.2) is 13.0 Å². The molecule has 0 atom stereocenters. The minimum atomic E-state index is -0.397. The van der Waals surface area contributed by atoms with E-state index in [1.54, 1.807) is 25.2 Å². The van der Waals surface area contributed by atoms with Crippen LogP contribution < -0.4 is 16.3 Å². The van der Waals surface area contributed by atoms with Crippen molar-refractivity contribution in [3.05, 3.63) is 74.1 Å². The zero-order chi connectivity index (χ0) is 20.4. The number of halogens is 1. The zero-order valence-corrected chi connectivity index (χ0v) is 17.1. The van der Waals surface area contributed by atoms with E-state index in [9.17, 15) is 9.59 Å². The molecule has 3 rings (SSSR count). The van der Waals surface area contributed by atoms with Crippen molar-refractivity contribution in [2.75, 3.05) is 12.4 Å². The first kappa shape index (κ1) is 20.0. The molecule has 0 fully saturated rings. The summed E-state index contributed by atoms with van der Waals surface area (Å²) in [6.45, 7) is 6.66. The smallest absolute Gasteiger partial charge is 0.336 e. The van der Waals surface area contributed by atoms with E-state index in [1.807, 2.05) is 13.0 Å². The van der Waals surface area contributed by atoms with E-state index in [1.165, 1.54) is 11.6 Å². The number of carbonyl (C=O) groups is 1. The quantitative estimate of drug-likeness (QED) is 0.602. The highest BCUT2D eigenvalue weighted by Gasteiger charge is 2.12. The fourth-order valence-corrected chi connectivity index (χ4v) is 3.48. The number of rotatable bonds is 5. The fraction of sp³-hybridized carbons (Fsp3) is 0.273. The molecule has 0 spiro atoms. The molecule has 3 aromatic rings. The van der Waals surface area contributed by atoms with Crippen LogP contribution in [0.5, 0.6) is 0 Å². The first-order valence-corrected chi connectivity index (χ1v) is 9.50. The molecule has 2 aromatic carbocycles. The maximum absolute atomic E-state index is 12.0. The number of amides is 1. The summed E-state index contributed by atoms with van der Waals surface area (Å²) in [6, 6.07) is 10.5. The lowest BCUT2D eigenvalue weighted by Crippen LogP contribution is -2.18. The van der Waals surface area contributed by atoms with E-state index >= 15 is 0 Å². The number of anilines is 1. The molecule has 1 heterocycles. The number of carbonyl (C=O) groups excluding carboxylic acids is 1. The van der Waals surface area contributed by atoms with Gasteiger partial charge in [0.05, 0.1) is 10.7 Å². The Morgan fingerprint density at radius 3 is 2.61 bits per heavy atom. The lowest BCUT2D eigenvalue weighted by molar-refractivity contribution is 0.0963. The van der Waals surface area contributed by atoms with Crippen molar-refractivity contribution in [2.45, 2.75) is 33.2 Å². The summed E-state index contributed by atoms with van der Waals surface area (Å²) < 4.78 is 5.40. The SMILES string of the molecule is CNC(=O)c1ccc(Cl)c(NCc2cc(=O)oc3cc(C)c(C(C)C)cc23)c1. The van der Waals surface area contributed by atoms with E-state index < -0.39 is 5.63 Å². The molecule has 0 saturated carbocycles. The van der Waals surface area contributed by atoms with E-state index in [4.69, 9.17) is 16.0 Å². The van der Waals surface area contributed by atoms with Gasteiger partial charge in [-0.25, -0.2) is 4.79 Å². The van der Waals surface area contributed by atoms with Crippen molar-refractivity contribution >= 4 is 34.2 Å². The molecule has 0 radical (unpaired) electrons.